The van der Waals surface area contributed by atoms with Gasteiger partial charge in [-0.25, -0.2) is 4.98 Å². The Morgan fingerprint density at radius 1 is 1.33 bits per heavy atom. The smallest absolute Gasteiger partial charge is 0.381 e. The van der Waals surface area contributed by atoms with Crippen molar-refractivity contribution in [1.29, 1.82) is 0 Å². The lowest BCUT2D eigenvalue weighted by molar-refractivity contribution is -0.140. The van der Waals surface area contributed by atoms with Crippen molar-refractivity contribution < 1.29 is 22.7 Å². The van der Waals surface area contributed by atoms with Gasteiger partial charge in [0.2, 0.25) is 5.91 Å². The normalized spacial score (nSPS) is 23.3. The zero-order valence-corrected chi connectivity index (χ0v) is 14.0. The maximum atomic E-state index is 12.7. The molecule has 2 aliphatic rings. The molecule has 0 spiro atoms. The third kappa shape index (κ3) is 4.18. The number of carbonyl (C=O) groups excluding carboxylic acids is 1. The van der Waals surface area contributed by atoms with Gasteiger partial charge in [0.1, 0.15) is 0 Å². The predicted octanol–water partition coefficient (Wildman–Crippen LogP) is 2.67. The van der Waals surface area contributed by atoms with E-state index in [0.29, 0.717) is 31.4 Å². The summed E-state index contributed by atoms with van der Waals surface area (Å²) in [7, 11) is 0. The SMILES string of the molecule is O=C(NC1CCOCC1)C1CCCN(c2nc(C(F)(F)F)cs2)C1. The van der Waals surface area contributed by atoms with Gasteiger partial charge >= 0.3 is 6.18 Å². The van der Waals surface area contributed by atoms with E-state index in [1.807, 2.05) is 0 Å². The molecule has 1 aromatic heterocycles. The maximum Gasteiger partial charge on any atom is 0.434 e. The number of hydrogen-bond acceptors (Lipinski definition) is 5. The number of alkyl halides is 3. The molecule has 5 nitrogen and oxygen atoms in total. The fourth-order valence-corrected chi connectivity index (χ4v) is 3.93. The lowest BCUT2D eigenvalue weighted by atomic mass is 9.96. The highest BCUT2D eigenvalue weighted by atomic mass is 32.1. The van der Waals surface area contributed by atoms with Crippen LogP contribution in [0.2, 0.25) is 0 Å². The van der Waals surface area contributed by atoms with Crippen molar-refractivity contribution in [1.82, 2.24) is 10.3 Å². The van der Waals surface area contributed by atoms with Gasteiger partial charge in [-0.15, -0.1) is 11.3 Å². The molecular formula is C15H20F3N3O2S. The van der Waals surface area contributed by atoms with Crippen molar-refractivity contribution in [3.63, 3.8) is 0 Å². The minimum Gasteiger partial charge on any atom is -0.381 e. The Balaban J connectivity index is 1.59. The summed E-state index contributed by atoms with van der Waals surface area (Å²) < 4.78 is 43.3. The first-order valence-electron chi connectivity index (χ1n) is 8.09. The quantitative estimate of drug-likeness (QED) is 0.897. The molecule has 24 heavy (non-hydrogen) atoms. The van der Waals surface area contributed by atoms with E-state index in [9.17, 15) is 18.0 Å². The number of anilines is 1. The average Bonchev–Trinajstić information content (AvgIpc) is 3.06. The Bertz CT molecular complexity index is 573. The molecule has 2 fully saturated rings. The van der Waals surface area contributed by atoms with Crippen molar-refractivity contribution >= 4 is 22.4 Å². The highest BCUT2D eigenvalue weighted by molar-refractivity contribution is 7.13. The van der Waals surface area contributed by atoms with E-state index in [2.05, 4.69) is 10.3 Å². The third-order valence-corrected chi connectivity index (χ3v) is 5.31. The van der Waals surface area contributed by atoms with E-state index in [4.69, 9.17) is 4.74 Å². The Morgan fingerprint density at radius 3 is 2.75 bits per heavy atom. The van der Waals surface area contributed by atoms with Crippen LogP contribution in [0.15, 0.2) is 5.38 Å². The monoisotopic (exact) mass is 363 g/mol. The van der Waals surface area contributed by atoms with Crippen LogP contribution in [0.5, 0.6) is 0 Å². The van der Waals surface area contributed by atoms with Crippen molar-refractivity contribution in [3.8, 4) is 0 Å². The van der Waals surface area contributed by atoms with Gasteiger partial charge in [0.25, 0.3) is 0 Å². The lowest BCUT2D eigenvalue weighted by Gasteiger charge is -2.33. The number of ether oxygens (including phenoxy) is 1. The summed E-state index contributed by atoms with van der Waals surface area (Å²) in [5.41, 5.74) is -0.865. The van der Waals surface area contributed by atoms with E-state index in [1.165, 1.54) is 0 Å². The maximum absolute atomic E-state index is 12.7. The molecule has 3 rings (SSSR count). The number of amides is 1. The number of nitrogens with zero attached hydrogens (tertiary/aromatic N) is 2. The number of nitrogens with one attached hydrogen (secondary N) is 1. The van der Waals surface area contributed by atoms with E-state index in [-0.39, 0.29) is 17.9 Å². The molecule has 2 aliphatic heterocycles. The van der Waals surface area contributed by atoms with Gasteiger partial charge in [0.05, 0.1) is 5.92 Å². The second kappa shape index (κ2) is 7.26. The highest BCUT2D eigenvalue weighted by Crippen LogP contribution is 2.34. The van der Waals surface area contributed by atoms with Crippen molar-refractivity contribution in [2.24, 2.45) is 5.92 Å². The number of thiazole rings is 1. The fourth-order valence-electron chi connectivity index (χ4n) is 3.07. The van der Waals surface area contributed by atoms with Gasteiger partial charge < -0.3 is 15.0 Å². The molecule has 0 aliphatic carbocycles. The first-order chi connectivity index (χ1) is 11.4. The number of piperidine rings is 1. The molecule has 0 bridgehead atoms. The minimum absolute atomic E-state index is 0.0146. The molecule has 134 valence electrons. The van der Waals surface area contributed by atoms with Gasteiger partial charge in [0, 0.05) is 37.7 Å². The molecule has 0 saturated carbocycles. The van der Waals surface area contributed by atoms with Crippen LogP contribution < -0.4 is 10.2 Å². The van der Waals surface area contributed by atoms with Gasteiger partial charge in [-0.05, 0) is 25.7 Å². The van der Waals surface area contributed by atoms with Crippen LogP contribution in [-0.4, -0.2) is 43.2 Å². The van der Waals surface area contributed by atoms with Gasteiger partial charge in [-0.1, -0.05) is 0 Å². The minimum atomic E-state index is -4.43. The molecular weight excluding hydrogens is 343 g/mol. The van der Waals surface area contributed by atoms with Gasteiger partial charge in [0.15, 0.2) is 10.8 Å². The summed E-state index contributed by atoms with van der Waals surface area (Å²) in [5, 5.41) is 4.42. The zero-order valence-electron chi connectivity index (χ0n) is 13.1. The summed E-state index contributed by atoms with van der Waals surface area (Å²) in [6.45, 7) is 2.36. The third-order valence-electron chi connectivity index (χ3n) is 4.41. The second-order valence-corrected chi connectivity index (χ2v) is 7.03. The highest BCUT2D eigenvalue weighted by Gasteiger charge is 2.35. The van der Waals surface area contributed by atoms with Crippen LogP contribution in [0.3, 0.4) is 0 Å². The van der Waals surface area contributed by atoms with Crippen LogP contribution in [-0.2, 0) is 15.7 Å². The topological polar surface area (TPSA) is 54.5 Å². The van der Waals surface area contributed by atoms with E-state index in [1.54, 1.807) is 4.90 Å². The summed E-state index contributed by atoms with van der Waals surface area (Å²) >= 11 is 0.979. The van der Waals surface area contributed by atoms with Crippen LogP contribution in [0.25, 0.3) is 0 Å². The summed E-state index contributed by atoms with van der Waals surface area (Å²) in [6.07, 6.45) is -1.28. The first kappa shape index (κ1) is 17.5. The Hall–Kier alpha value is -1.35. The van der Waals surface area contributed by atoms with Crippen molar-refractivity contribution in [3.05, 3.63) is 11.1 Å². The molecule has 0 aromatic carbocycles. The molecule has 1 amide bonds. The van der Waals surface area contributed by atoms with E-state index in [0.717, 1.165) is 42.4 Å². The second-order valence-electron chi connectivity index (χ2n) is 6.19. The molecule has 1 N–H and O–H groups in total. The number of halogens is 3. The molecule has 1 atom stereocenters. The van der Waals surface area contributed by atoms with Gasteiger partial charge in [-0.2, -0.15) is 13.2 Å². The largest absolute Gasteiger partial charge is 0.434 e. The van der Waals surface area contributed by atoms with Crippen LogP contribution in [0.4, 0.5) is 18.3 Å². The summed E-state index contributed by atoms with van der Waals surface area (Å²) in [4.78, 5) is 17.9. The Morgan fingerprint density at radius 2 is 2.08 bits per heavy atom. The fraction of sp³-hybridized carbons (Fsp3) is 0.733. The number of rotatable bonds is 3. The number of carbonyl (C=O) groups is 1. The molecule has 1 aromatic rings. The Kier molecular flexibility index (Phi) is 5.29. The summed E-state index contributed by atoms with van der Waals surface area (Å²) in [6, 6.07) is 0.137. The standard InChI is InChI=1S/C15H20F3N3O2S/c16-15(17,18)12-9-24-14(20-12)21-5-1-2-10(8-21)13(22)19-11-3-6-23-7-4-11/h9-11H,1-8H2,(H,19,22). The van der Waals surface area contributed by atoms with Gasteiger partial charge in [-0.3, -0.25) is 4.79 Å². The molecule has 2 saturated heterocycles. The van der Waals surface area contributed by atoms with Crippen LogP contribution in [0.1, 0.15) is 31.4 Å². The lowest BCUT2D eigenvalue weighted by Crippen LogP contribution is -2.47. The number of aromatic nitrogens is 1. The zero-order chi connectivity index (χ0) is 17.2. The average molecular weight is 363 g/mol. The molecule has 0 radical (unpaired) electrons. The molecule has 3 heterocycles. The van der Waals surface area contributed by atoms with Crippen LogP contribution >= 0.6 is 11.3 Å². The first-order valence-corrected chi connectivity index (χ1v) is 8.97. The summed E-state index contributed by atoms with van der Waals surface area (Å²) in [5.74, 6) is -0.223. The molecule has 1 unspecified atom stereocenters. The number of hydrogen-bond donors (Lipinski definition) is 1. The Labute approximate surface area is 142 Å². The van der Waals surface area contributed by atoms with Crippen molar-refractivity contribution in [2.45, 2.75) is 37.9 Å². The van der Waals surface area contributed by atoms with E-state index < -0.39 is 11.9 Å². The molecule has 9 heteroatoms. The van der Waals surface area contributed by atoms with Crippen LogP contribution in [0, 0.1) is 5.92 Å². The predicted molar refractivity (Wildman–Crippen MR) is 84.0 cm³/mol. The van der Waals surface area contributed by atoms with Crippen molar-refractivity contribution in [2.75, 3.05) is 31.2 Å². The van der Waals surface area contributed by atoms with E-state index >= 15 is 0 Å².